The molecule has 0 aromatic carbocycles. The Bertz CT molecular complexity index is 429. The van der Waals surface area contributed by atoms with Crippen molar-refractivity contribution in [1.82, 2.24) is 0 Å². The van der Waals surface area contributed by atoms with Gasteiger partial charge in [-0.2, -0.15) is 0 Å². The Balaban J connectivity index is 1.92. The third-order valence-electron chi connectivity index (χ3n) is 4.06. The third-order valence-corrected chi connectivity index (χ3v) is 4.06. The van der Waals surface area contributed by atoms with E-state index in [1.807, 2.05) is 0 Å². The molecule has 0 aromatic rings. The zero-order valence-electron chi connectivity index (χ0n) is 16.1. The molecule has 0 amide bonds. The summed E-state index contributed by atoms with van der Waals surface area (Å²) in [5, 5.41) is 0. The lowest BCUT2D eigenvalue weighted by Crippen LogP contribution is -2.17. The van der Waals surface area contributed by atoms with Crippen LogP contribution >= 0.6 is 0 Å². The predicted molar refractivity (Wildman–Crippen MR) is 107 cm³/mol. The molecule has 0 saturated heterocycles. The Kier molecular flexibility index (Phi) is 11.3. The number of hydrogen-bond donors (Lipinski definition) is 0. The lowest BCUT2D eigenvalue weighted by Gasteiger charge is -2.07. The second-order valence-electron chi connectivity index (χ2n) is 7.25. The Morgan fingerprint density at radius 2 is 1.50 bits per heavy atom. The molecule has 1 heterocycles. The van der Waals surface area contributed by atoms with Crippen molar-refractivity contribution in [2.24, 2.45) is 4.99 Å². The van der Waals surface area contributed by atoms with Crippen molar-refractivity contribution in [1.29, 1.82) is 0 Å². The molecule has 1 aliphatic heterocycles. The molecular weight excluding hydrogens is 294 g/mol. The van der Waals surface area contributed by atoms with Gasteiger partial charge < -0.3 is 4.74 Å². The van der Waals surface area contributed by atoms with E-state index < -0.39 is 0 Å². The number of hydrogen-bond acceptors (Lipinski definition) is 2. The van der Waals surface area contributed by atoms with Crippen molar-refractivity contribution in [2.45, 2.75) is 90.5 Å². The van der Waals surface area contributed by atoms with Gasteiger partial charge in [0.15, 0.2) is 5.90 Å². The Morgan fingerprint density at radius 3 is 2.21 bits per heavy atom. The molecule has 24 heavy (non-hydrogen) atoms. The van der Waals surface area contributed by atoms with Gasteiger partial charge in [-0.05, 0) is 58.8 Å². The Hall–Kier alpha value is -1.31. The maximum absolute atomic E-state index is 5.60. The standard InChI is InChI=1S/C22H37NO/c1-4-5-6-7-8-9-10-11-12-13-14-15-16-17-18-19-21-23-22(2,3)20-24-21/h8-9,12-15H,4-7,10-11,16-20H2,1-3H3/b9-8-,13-12+,15-14-. The first kappa shape index (κ1) is 20.7. The minimum absolute atomic E-state index is 0.00920. The summed E-state index contributed by atoms with van der Waals surface area (Å²) in [7, 11) is 0. The van der Waals surface area contributed by atoms with E-state index in [-0.39, 0.29) is 5.54 Å². The second-order valence-corrected chi connectivity index (χ2v) is 7.25. The molecule has 0 N–H and O–H groups in total. The zero-order valence-corrected chi connectivity index (χ0v) is 16.1. The molecule has 1 rings (SSSR count). The van der Waals surface area contributed by atoms with Crippen LogP contribution in [0, 0.1) is 0 Å². The highest BCUT2D eigenvalue weighted by Crippen LogP contribution is 2.19. The van der Waals surface area contributed by atoms with Gasteiger partial charge in [0.05, 0.1) is 5.54 Å². The fourth-order valence-corrected chi connectivity index (χ4v) is 2.62. The maximum Gasteiger partial charge on any atom is 0.183 e. The van der Waals surface area contributed by atoms with Gasteiger partial charge in [-0.15, -0.1) is 0 Å². The summed E-state index contributed by atoms with van der Waals surface area (Å²) < 4.78 is 5.60. The lowest BCUT2D eigenvalue weighted by molar-refractivity contribution is 0.273. The molecule has 0 fully saturated rings. The predicted octanol–water partition coefficient (Wildman–Crippen LogP) is 6.78. The zero-order chi connectivity index (χ0) is 17.5. The van der Waals surface area contributed by atoms with E-state index in [4.69, 9.17) is 4.74 Å². The molecule has 0 unspecified atom stereocenters. The molecule has 2 nitrogen and oxygen atoms in total. The van der Waals surface area contributed by atoms with Gasteiger partial charge in [-0.3, -0.25) is 0 Å². The number of ether oxygens (including phenoxy) is 1. The fourth-order valence-electron chi connectivity index (χ4n) is 2.62. The van der Waals surface area contributed by atoms with Crippen LogP contribution in [0.25, 0.3) is 0 Å². The maximum atomic E-state index is 5.60. The van der Waals surface area contributed by atoms with Gasteiger partial charge in [0.25, 0.3) is 0 Å². The number of aliphatic imine (C=N–C) groups is 1. The molecule has 0 aliphatic carbocycles. The Morgan fingerprint density at radius 1 is 0.875 bits per heavy atom. The first-order valence-electron chi connectivity index (χ1n) is 9.82. The van der Waals surface area contributed by atoms with Crippen LogP contribution in [-0.2, 0) is 4.74 Å². The average Bonchev–Trinajstić information content (AvgIpc) is 2.90. The SMILES string of the molecule is CCCCC/C=C\CC/C=C/C=C\CCCCC1=NC(C)(C)CO1. The van der Waals surface area contributed by atoms with Gasteiger partial charge in [0.1, 0.15) is 6.61 Å². The van der Waals surface area contributed by atoms with E-state index >= 15 is 0 Å². The highest BCUT2D eigenvalue weighted by Gasteiger charge is 2.25. The summed E-state index contributed by atoms with van der Waals surface area (Å²) in [4.78, 5) is 4.58. The van der Waals surface area contributed by atoms with Gasteiger partial charge in [0, 0.05) is 6.42 Å². The molecule has 0 saturated carbocycles. The van der Waals surface area contributed by atoms with Gasteiger partial charge >= 0.3 is 0 Å². The van der Waals surface area contributed by atoms with Gasteiger partial charge in [0.2, 0.25) is 0 Å². The summed E-state index contributed by atoms with van der Waals surface area (Å²) in [6, 6.07) is 0. The number of nitrogens with zero attached hydrogens (tertiary/aromatic N) is 1. The highest BCUT2D eigenvalue weighted by atomic mass is 16.5. The molecule has 0 radical (unpaired) electrons. The van der Waals surface area contributed by atoms with E-state index in [0.29, 0.717) is 0 Å². The molecule has 1 aliphatic rings. The summed E-state index contributed by atoms with van der Waals surface area (Å²) in [6.45, 7) is 7.23. The quantitative estimate of drug-likeness (QED) is 0.207. The van der Waals surface area contributed by atoms with Crippen LogP contribution < -0.4 is 0 Å². The highest BCUT2D eigenvalue weighted by molar-refractivity contribution is 5.78. The van der Waals surface area contributed by atoms with E-state index in [0.717, 1.165) is 44.6 Å². The fraction of sp³-hybridized carbons (Fsp3) is 0.682. The van der Waals surface area contributed by atoms with Crippen molar-refractivity contribution in [3.63, 3.8) is 0 Å². The largest absolute Gasteiger partial charge is 0.478 e. The minimum Gasteiger partial charge on any atom is -0.478 e. The van der Waals surface area contributed by atoms with Crippen LogP contribution in [-0.4, -0.2) is 18.0 Å². The topological polar surface area (TPSA) is 21.6 Å². The van der Waals surface area contributed by atoms with Crippen molar-refractivity contribution >= 4 is 5.90 Å². The third kappa shape index (κ3) is 11.3. The molecule has 0 aromatic heterocycles. The van der Waals surface area contributed by atoms with Crippen molar-refractivity contribution < 1.29 is 4.74 Å². The van der Waals surface area contributed by atoms with Gasteiger partial charge in [-0.1, -0.05) is 56.2 Å². The van der Waals surface area contributed by atoms with Crippen molar-refractivity contribution in [3.05, 3.63) is 36.5 Å². The van der Waals surface area contributed by atoms with Crippen LogP contribution in [0.2, 0.25) is 0 Å². The lowest BCUT2D eigenvalue weighted by atomic mass is 10.1. The smallest absolute Gasteiger partial charge is 0.183 e. The number of unbranched alkanes of at least 4 members (excludes halogenated alkanes) is 6. The van der Waals surface area contributed by atoms with E-state index in [1.54, 1.807) is 0 Å². The molecular formula is C22H37NO. The van der Waals surface area contributed by atoms with Crippen LogP contribution in [0.3, 0.4) is 0 Å². The van der Waals surface area contributed by atoms with E-state index in [1.165, 1.54) is 32.1 Å². The van der Waals surface area contributed by atoms with Crippen LogP contribution in [0.5, 0.6) is 0 Å². The average molecular weight is 332 g/mol. The molecule has 136 valence electrons. The number of allylic oxidation sites excluding steroid dienone is 6. The summed E-state index contributed by atoms with van der Waals surface area (Å²) in [5.74, 6) is 0.951. The van der Waals surface area contributed by atoms with Gasteiger partial charge in [-0.25, -0.2) is 4.99 Å². The monoisotopic (exact) mass is 331 g/mol. The minimum atomic E-state index is -0.00920. The van der Waals surface area contributed by atoms with E-state index in [2.05, 4.69) is 62.2 Å². The summed E-state index contributed by atoms with van der Waals surface area (Å²) >= 11 is 0. The van der Waals surface area contributed by atoms with E-state index in [9.17, 15) is 0 Å². The van der Waals surface area contributed by atoms with Crippen molar-refractivity contribution in [3.8, 4) is 0 Å². The first-order valence-corrected chi connectivity index (χ1v) is 9.82. The van der Waals surface area contributed by atoms with Crippen molar-refractivity contribution in [2.75, 3.05) is 6.61 Å². The second kappa shape index (κ2) is 13.0. The summed E-state index contributed by atoms with van der Waals surface area (Å²) in [5.41, 5.74) is -0.00920. The molecule has 0 atom stereocenters. The molecule has 2 heteroatoms. The normalized spacial score (nSPS) is 17.2. The summed E-state index contributed by atoms with van der Waals surface area (Å²) in [6.07, 6.45) is 25.6. The van der Waals surface area contributed by atoms with Crippen LogP contribution in [0.1, 0.15) is 85.0 Å². The van der Waals surface area contributed by atoms with Crippen LogP contribution in [0.15, 0.2) is 41.4 Å². The Labute approximate surface area is 149 Å². The first-order chi connectivity index (χ1) is 11.6. The molecule has 0 spiro atoms. The molecule has 0 bridgehead atoms. The van der Waals surface area contributed by atoms with Crippen LogP contribution in [0.4, 0.5) is 0 Å². The number of rotatable bonds is 13.